The van der Waals surface area contributed by atoms with Crippen LogP contribution in [0.2, 0.25) is 0 Å². The Hall–Kier alpha value is -2.67. The first-order chi connectivity index (χ1) is 13.8. The van der Waals surface area contributed by atoms with Crippen LogP contribution >= 0.6 is 0 Å². The van der Waals surface area contributed by atoms with E-state index in [-0.39, 0.29) is 12.1 Å². The van der Waals surface area contributed by atoms with Crippen molar-refractivity contribution in [1.82, 2.24) is 29.2 Å². The summed E-state index contributed by atoms with van der Waals surface area (Å²) in [6.07, 6.45) is 11.8. The Morgan fingerprint density at radius 2 is 1.89 bits per heavy atom. The molecule has 1 saturated carbocycles. The number of imidazole rings is 1. The molecule has 4 heterocycles. The maximum absolute atomic E-state index is 6.35. The topological polar surface area (TPSA) is 61.0 Å². The van der Waals surface area contributed by atoms with Gasteiger partial charge in [0.05, 0.1) is 12.6 Å². The molecule has 3 aromatic rings. The van der Waals surface area contributed by atoms with Gasteiger partial charge in [0.1, 0.15) is 11.9 Å². The molecule has 2 fully saturated rings. The van der Waals surface area contributed by atoms with Crippen molar-refractivity contribution in [3.8, 4) is 5.88 Å². The first kappa shape index (κ1) is 17.4. The molecule has 5 rings (SSSR count). The highest BCUT2D eigenvalue weighted by Gasteiger charge is 2.44. The highest BCUT2D eigenvalue weighted by molar-refractivity contribution is 5.11. The van der Waals surface area contributed by atoms with Gasteiger partial charge in [-0.3, -0.25) is 9.58 Å². The molecule has 1 saturated heterocycles. The molecule has 0 spiro atoms. The number of pyridine rings is 1. The minimum atomic E-state index is 0.0872. The van der Waals surface area contributed by atoms with Crippen LogP contribution in [-0.4, -0.2) is 48.4 Å². The monoisotopic (exact) mass is 378 g/mol. The number of aryl methyl sites for hydroxylation is 1. The SMILES string of the molecule is Cn1ccnc1CN1C[C@H]2C[C@H](Oc3ccccn3)[C@@H](n3cccn3)C[C@H]2C1. The van der Waals surface area contributed by atoms with Gasteiger partial charge in [0.2, 0.25) is 5.88 Å². The molecule has 146 valence electrons. The molecule has 1 aliphatic heterocycles. The minimum absolute atomic E-state index is 0.0872. The van der Waals surface area contributed by atoms with Crippen LogP contribution in [0.3, 0.4) is 0 Å². The van der Waals surface area contributed by atoms with Crippen LogP contribution in [0.5, 0.6) is 5.88 Å². The third kappa shape index (κ3) is 3.42. The van der Waals surface area contributed by atoms with Gasteiger partial charge in [-0.1, -0.05) is 6.07 Å². The van der Waals surface area contributed by atoms with Crippen molar-refractivity contribution in [3.05, 3.63) is 61.1 Å². The number of rotatable bonds is 5. The number of nitrogens with zero attached hydrogens (tertiary/aromatic N) is 6. The molecule has 0 unspecified atom stereocenters. The number of ether oxygens (including phenoxy) is 1. The Bertz CT molecular complexity index is 893. The molecule has 28 heavy (non-hydrogen) atoms. The Morgan fingerprint density at radius 3 is 2.61 bits per heavy atom. The van der Waals surface area contributed by atoms with Gasteiger partial charge in [0.15, 0.2) is 0 Å². The summed E-state index contributed by atoms with van der Waals surface area (Å²) in [6.45, 7) is 3.13. The van der Waals surface area contributed by atoms with E-state index < -0.39 is 0 Å². The Labute approximate surface area is 165 Å². The lowest BCUT2D eigenvalue weighted by molar-refractivity contribution is 0.0459. The lowest BCUT2D eigenvalue weighted by Gasteiger charge is -2.37. The maximum Gasteiger partial charge on any atom is 0.213 e. The number of aromatic nitrogens is 5. The van der Waals surface area contributed by atoms with E-state index in [0.717, 1.165) is 38.3 Å². The van der Waals surface area contributed by atoms with Gasteiger partial charge in [-0.25, -0.2) is 9.97 Å². The van der Waals surface area contributed by atoms with Gasteiger partial charge in [-0.05, 0) is 36.8 Å². The fourth-order valence-electron chi connectivity index (χ4n) is 4.82. The number of hydrogen-bond donors (Lipinski definition) is 0. The third-order valence-corrected chi connectivity index (χ3v) is 6.22. The number of likely N-dealkylation sites (tertiary alicyclic amines) is 1. The highest BCUT2D eigenvalue weighted by atomic mass is 16.5. The van der Waals surface area contributed by atoms with Crippen LogP contribution in [0, 0.1) is 11.8 Å². The Kier molecular flexibility index (Phi) is 4.60. The van der Waals surface area contributed by atoms with Crippen LogP contribution in [-0.2, 0) is 13.6 Å². The van der Waals surface area contributed by atoms with E-state index in [2.05, 4.69) is 42.5 Å². The van der Waals surface area contributed by atoms with Crippen molar-refractivity contribution in [1.29, 1.82) is 0 Å². The molecular formula is C21H26N6O. The lowest BCUT2D eigenvalue weighted by Crippen LogP contribution is -2.40. The van der Waals surface area contributed by atoms with Crippen molar-refractivity contribution in [2.75, 3.05) is 13.1 Å². The summed E-state index contributed by atoms with van der Waals surface area (Å²) in [5.41, 5.74) is 0. The van der Waals surface area contributed by atoms with Crippen LogP contribution in [0.1, 0.15) is 24.7 Å². The molecule has 4 atom stereocenters. The fourth-order valence-corrected chi connectivity index (χ4v) is 4.82. The summed E-state index contributed by atoms with van der Waals surface area (Å²) in [6, 6.07) is 8.06. The number of hydrogen-bond acceptors (Lipinski definition) is 5. The summed E-state index contributed by atoms with van der Waals surface area (Å²) in [7, 11) is 2.07. The van der Waals surface area contributed by atoms with Crippen LogP contribution in [0.25, 0.3) is 0 Å². The predicted octanol–water partition coefficient (Wildman–Crippen LogP) is 2.54. The molecular weight excluding hydrogens is 352 g/mol. The minimum Gasteiger partial charge on any atom is -0.472 e. The zero-order valence-corrected chi connectivity index (χ0v) is 16.1. The average Bonchev–Trinajstić information content (AvgIpc) is 3.44. The van der Waals surface area contributed by atoms with Crippen LogP contribution in [0.15, 0.2) is 55.2 Å². The molecule has 7 nitrogen and oxygen atoms in total. The van der Waals surface area contributed by atoms with E-state index in [1.807, 2.05) is 42.9 Å². The second-order valence-corrected chi connectivity index (χ2v) is 8.02. The fraction of sp³-hybridized carbons (Fsp3) is 0.476. The third-order valence-electron chi connectivity index (χ3n) is 6.22. The summed E-state index contributed by atoms with van der Waals surface area (Å²) < 4.78 is 10.5. The summed E-state index contributed by atoms with van der Waals surface area (Å²) in [5.74, 6) is 3.13. The van der Waals surface area contributed by atoms with Gasteiger partial charge in [-0.2, -0.15) is 5.10 Å². The van der Waals surface area contributed by atoms with Crippen molar-refractivity contribution in [3.63, 3.8) is 0 Å². The van der Waals surface area contributed by atoms with E-state index in [4.69, 9.17) is 4.74 Å². The Morgan fingerprint density at radius 1 is 1.00 bits per heavy atom. The van der Waals surface area contributed by atoms with Gasteiger partial charge in [0.25, 0.3) is 0 Å². The smallest absolute Gasteiger partial charge is 0.213 e. The summed E-state index contributed by atoms with van der Waals surface area (Å²) in [4.78, 5) is 11.4. The molecule has 7 heteroatoms. The molecule has 3 aromatic heterocycles. The van der Waals surface area contributed by atoms with Gasteiger partial charge in [0, 0.05) is 57.2 Å². The molecule has 0 amide bonds. The molecule has 0 bridgehead atoms. The van der Waals surface area contributed by atoms with E-state index in [1.54, 1.807) is 6.20 Å². The van der Waals surface area contributed by atoms with E-state index in [9.17, 15) is 0 Å². The van der Waals surface area contributed by atoms with Crippen molar-refractivity contribution in [2.45, 2.75) is 31.5 Å². The molecule has 0 N–H and O–H groups in total. The van der Waals surface area contributed by atoms with Crippen LogP contribution in [0.4, 0.5) is 0 Å². The van der Waals surface area contributed by atoms with Gasteiger partial charge < -0.3 is 9.30 Å². The number of fused-ring (bicyclic) bond motifs is 1. The quantitative estimate of drug-likeness (QED) is 0.683. The van der Waals surface area contributed by atoms with E-state index >= 15 is 0 Å². The summed E-state index contributed by atoms with van der Waals surface area (Å²) in [5, 5.41) is 4.53. The molecule has 0 aromatic carbocycles. The highest BCUT2D eigenvalue weighted by Crippen LogP contribution is 2.42. The second kappa shape index (κ2) is 7.39. The van der Waals surface area contributed by atoms with Crippen molar-refractivity contribution < 1.29 is 4.74 Å². The molecule has 2 aliphatic rings. The predicted molar refractivity (Wildman–Crippen MR) is 105 cm³/mol. The van der Waals surface area contributed by atoms with E-state index in [0.29, 0.717) is 17.7 Å². The largest absolute Gasteiger partial charge is 0.472 e. The standard InChI is InChI=1S/C21H26N6O/c1-25-10-8-22-20(25)15-26-13-16-11-18(27-9-4-7-24-27)19(12-17(16)14-26)28-21-5-2-3-6-23-21/h2-10,16-19H,11-15H2,1H3/t16-,17+,18-,19-/m0/s1. The second-order valence-electron chi connectivity index (χ2n) is 8.02. The zero-order chi connectivity index (χ0) is 18.9. The van der Waals surface area contributed by atoms with E-state index in [1.165, 1.54) is 0 Å². The first-order valence-electron chi connectivity index (χ1n) is 10.0. The lowest BCUT2D eigenvalue weighted by atomic mass is 9.77. The average molecular weight is 378 g/mol. The summed E-state index contributed by atoms with van der Waals surface area (Å²) >= 11 is 0. The zero-order valence-electron chi connectivity index (χ0n) is 16.1. The van der Waals surface area contributed by atoms with Crippen molar-refractivity contribution in [2.24, 2.45) is 18.9 Å². The Balaban J connectivity index is 1.33. The van der Waals surface area contributed by atoms with Crippen LogP contribution < -0.4 is 4.74 Å². The van der Waals surface area contributed by atoms with Crippen molar-refractivity contribution >= 4 is 0 Å². The molecule has 1 aliphatic carbocycles. The normalized spacial score (nSPS) is 27.6. The van der Waals surface area contributed by atoms with Gasteiger partial charge >= 0.3 is 0 Å². The first-order valence-corrected chi connectivity index (χ1v) is 10.0. The molecule has 0 radical (unpaired) electrons. The maximum atomic E-state index is 6.35. The van der Waals surface area contributed by atoms with Gasteiger partial charge in [-0.15, -0.1) is 0 Å².